The summed E-state index contributed by atoms with van der Waals surface area (Å²) < 4.78 is 40.5. The Hall–Kier alpha value is -3.53. The number of rotatable bonds is 10. The van der Waals surface area contributed by atoms with Crippen molar-refractivity contribution in [3.63, 3.8) is 0 Å². The molecule has 0 aromatic heterocycles. The third-order valence-electron chi connectivity index (χ3n) is 5.43. The highest BCUT2D eigenvalue weighted by atomic mass is 19.3. The van der Waals surface area contributed by atoms with Gasteiger partial charge >= 0.3 is 6.61 Å². The summed E-state index contributed by atoms with van der Waals surface area (Å²) in [5, 5.41) is 2.79. The van der Waals surface area contributed by atoms with Crippen molar-refractivity contribution >= 4 is 11.5 Å². The van der Waals surface area contributed by atoms with Crippen LogP contribution in [-0.2, 0) is 28.8 Å². The Labute approximate surface area is 192 Å². The molecule has 0 radical (unpaired) electrons. The second-order valence-corrected chi connectivity index (χ2v) is 7.60. The number of aryl methyl sites for hydroxylation is 2. The molecule has 0 aliphatic heterocycles. The first kappa shape index (κ1) is 24.1. The van der Waals surface area contributed by atoms with Gasteiger partial charge in [-0.15, -0.1) is 6.42 Å². The molecule has 1 aliphatic rings. The van der Waals surface area contributed by atoms with E-state index in [2.05, 4.69) is 16.0 Å². The van der Waals surface area contributed by atoms with Crippen LogP contribution in [0.25, 0.3) is 5.57 Å². The number of amides is 1. The number of carbonyl (C=O) groups excluding carboxylic acids is 1. The van der Waals surface area contributed by atoms with Gasteiger partial charge in [-0.2, -0.15) is 8.78 Å². The van der Waals surface area contributed by atoms with E-state index in [1.807, 2.05) is 18.2 Å². The molecular weight excluding hydrogens is 428 g/mol. The van der Waals surface area contributed by atoms with Gasteiger partial charge in [0.2, 0.25) is 0 Å². The van der Waals surface area contributed by atoms with E-state index in [0.717, 1.165) is 43.1 Å². The van der Waals surface area contributed by atoms with Crippen LogP contribution in [0.1, 0.15) is 35.1 Å². The fourth-order valence-corrected chi connectivity index (χ4v) is 3.79. The van der Waals surface area contributed by atoms with Crippen molar-refractivity contribution in [3.8, 4) is 23.8 Å². The maximum absolute atomic E-state index is 12.8. The molecule has 1 amide bonds. The summed E-state index contributed by atoms with van der Waals surface area (Å²) in [5.74, 6) is 2.99. The number of hydrogen-bond donors (Lipinski definition) is 1. The molecule has 0 bridgehead atoms. The van der Waals surface area contributed by atoms with Gasteiger partial charge in [0.25, 0.3) is 5.91 Å². The van der Waals surface area contributed by atoms with E-state index in [1.54, 1.807) is 18.2 Å². The molecule has 2 aromatic rings. The van der Waals surface area contributed by atoms with Gasteiger partial charge in [0, 0.05) is 6.54 Å². The second-order valence-electron chi connectivity index (χ2n) is 7.60. The fourth-order valence-electron chi connectivity index (χ4n) is 3.79. The molecule has 3 rings (SSSR count). The molecule has 0 unspecified atom stereocenters. The predicted octanol–water partition coefficient (Wildman–Crippen LogP) is 4.53. The molecule has 0 fully saturated rings. The number of methoxy groups -OCH3 is 1. The lowest BCUT2D eigenvalue weighted by Gasteiger charge is -2.17. The van der Waals surface area contributed by atoms with Crippen molar-refractivity contribution in [3.05, 3.63) is 64.9 Å². The number of nitrogens with one attached hydrogen (secondary N) is 1. The quantitative estimate of drug-likeness (QED) is 0.325. The summed E-state index contributed by atoms with van der Waals surface area (Å²) in [6, 6.07) is 11.0. The minimum Gasteiger partial charge on any atom is -0.493 e. The zero-order valence-corrected chi connectivity index (χ0v) is 18.5. The van der Waals surface area contributed by atoms with Crippen LogP contribution in [0, 0.1) is 12.3 Å². The van der Waals surface area contributed by atoms with Gasteiger partial charge in [0.15, 0.2) is 11.5 Å². The molecule has 1 aliphatic carbocycles. The maximum atomic E-state index is 12.8. The van der Waals surface area contributed by atoms with Crippen molar-refractivity contribution in [2.24, 2.45) is 0 Å². The minimum atomic E-state index is -3.01. The van der Waals surface area contributed by atoms with Crippen LogP contribution in [0.15, 0.2) is 42.7 Å². The van der Waals surface area contributed by atoms with Crippen LogP contribution in [0.3, 0.4) is 0 Å². The highest BCUT2D eigenvalue weighted by Gasteiger charge is 2.17. The Morgan fingerprint density at radius 1 is 1.15 bits per heavy atom. The van der Waals surface area contributed by atoms with E-state index in [-0.39, 0.29) is 12.2 Å². The van der Waals surface area contributed by atoms with Crippen LogP contribution in [-0.4, -0.2) is 32.8 Å². The monoisotopic (exact) mass is 455 g/mol. The van der Waals surface area contributed by atoms with Crippen molar-refractivity contribution in [2.45, 2.75) is 38.7 Å². The van der Waals surface area contributed by atoms with Gasteiger partial charge in [-0.3, -0.25) is 4.79 Å². The van der Waals surface area contributed by atoms with Crippen LogP contribution < -0.4 is 14.8 Å². The van der Waals surface area contributed by atoms with E-state index in [9.17, 15) is 13.6 Å². The zero-order chi connectivity index (χ0) is 23.6. The first-order chi connectivity index (χ1) is 16.0. The molecule has 0 spiro atoms. The average Bonchev–Trinajstić information content (AvgIpc) is 2.83. The zero-order valence-electron chi connectivity index (χ0n) is 18.5. The summed E-state index contributed by atoms with van der Waals surface area (Å²) in [7, 11) is 1.53. The highest BCUT2D eigenvalue weighted by Crippen LogP contribution is 2.28. The number of alkyl halides is 2. The first-order valence-corrected chi connectivity index (χ1v) is 10.8. The van der Waals surface area contributed by atoms with E-state index in [4.69, 9.17) is 15.9 Å². The molecule has 5 nitrogen and oxygen atoms in total. The Kier molecular flexibility index (Phi) is 8.71. The van der Waals surface area contributed by atoms with E-state index >= 15 is 0 Å². The van der Waals surface area contributed by atoms with E-state index in [1.165, 1.54) is 12.7 Å². The van der Waals surface area contributed by atoms with Crippen molar-refractivity contribution in [1.29, 1.82) is 0 Å². The van der Waals surface area contributed by atoms with Crippen LogP contribution in [0.4, 0.5) is 8.78 Å². The maximum Gasteiger partial charge on any atom is 0.386 e. The lowest BCUT2D eigenvalue weighted by Crippen LogP contribution is -2.27. The summed E-state index contributed by atoms with van der Waals surface area (Å²) in [4.78, 5) is 12.8. The predicted molar refractivity (Wildman–Crippen MR) is 122 cm³/mol. The van der Waals surface area contributed by atoms with Gasteiger partial charge in [-0.25, -0.2) is 0 Å². The fraction of sp³-hybridized carbons (Fsp3) is 0.346. The van der Waals surface area contributed by atoms with Crippen molar-refractivity contribution < 1.29 is 27.8 Å². The van der Waals surface area contributed by atoms with E-state index < -0.39 is 12.5 Å². The lowest BCUT2D eigenvalue weighted by atomic mass is 9.89. The lowest BCUT2D eigenvalue weighted by molar-refractivity contribution is -0.116. The standard InChI is InChI=1S/C26H27F2NO4/c1-3-14-32-23-11-8-18(15-24(23)31-2)12-13-29-25(30)22(17-33-26(27)28)21-10-9-19-6-4-5-7-20(19)16-21/h1,8-11,15-17,26H,4-7,12-14H2,2H3,(H,29,30)/b22-17+. The van der Waals surface area contributed by atoms with Gasteiger partial charge in [-0.05, 0) is 66.5 Å². The molecule has 1 N–H and O–H groups in total. The van der Waals surface area contributed by atoms with Crippen LogP contribution in [0.5, 0.6) is 11.5 Å². The molecule has 0 heterocycles. The SMILES string of the molecule is C#CCOc1ccc(CCNC(=O)/C(=C/OC(F)F)c2ccc3c(c2)CCCC3)cc1OC. The Balaban J connectivity index is 1.68. The topological polar surface area (TPSA) is 56.8 Å². The normalized spacial score (nSPS) is 13.1. The summed E-state index contributed by atoms with van der Waals surface area (Å²) in [5.41, 5.74) is 3.92. The summed E-state index contributed by atoms with van der Waals surface area (Å²) >= 11 is 0. The van der Waals surface area contributed by atoms with Crippen molar-refractivity contribution in [2.75, 3.05) is 20.3 Å². The average molecular weight is 456 g/mol. The Bertz CT molecular complexity index is 1040. The minimum absolute atomic E-state index is 0.0688. The Morgan fingerprint density at radius 2 is 1.94 bits per heavy atom. The number of halogens is 2. The number of carbonyl (C=O) groups is 1. The largest absolute Gasteiger partial charge is 0.493 e. The van der Waals surface area contributed by atoms with Crippen LogP contribution >= 0.6 is 0 Å². The molecule has 0 saturated carbocycles. The van der Waals surface area contributed by atoms with Gasteiger partial charge < -0.3 is 19.5 Å². The summed E-state index contributed by atoms with van der Waals surface area (Å²) in [6.45, 7) is -2.58. The third kappa shape index (κ3) is 6.72. The molecular formula is C26H27F2NO4. The number of hydrogen-bond acceptors (Lipinski definition) is 4. The number of terminal acetylenes is 1. The highest BCUT2D eigenvalue weighted by molar-refractivity contribution is 6.19. The first-order valence-electron chi connectivity index (χ1n) is 10.8. The van der Waals surface area contributed by atoms with E-state index in [0.29, 0.717) is 30.0 Å². The van der Waals surface area contributed by atoms with Crippen molar-refractivity contribution in [1.82, 2.24) is 5.32 Å². The van der Waals surface area contributed by atoms with Gasteiger partial charge in [0.05, 0.1) is 12.7 Å². The van der Waals surface area contributed by atoms with Crippen LogP contribution in [0.2, 0.25) is 0 Å². The number of ether oxygens (including phenoxy) is 3. The molecule has 174 valence electrons. The Morgan fingerprint density at radius 3 is 2.67 bits per heavy atom. The molecule has 33 heavy (non-hydrogen) atoms. The molecule has 0 saturated heterocycles. The van der Waals surface area contributed by atoms with Gasteiger partial charge in [0.1, 0.15) is 12.9 Å². The molecule has 2 aromatic carbocycles. The second kappa shape index (κ2) is 11.9. The number of fused-ring (bicyclic) bond motifs is 1. The summed E-state index contributed by atoms with van der Waals surface area (Å²) in [6.07, 6.45) is 10.7. The third-order valence-corrected chi connectivity index (χ3v) is 5.43. The number of benzene rings is 2. The molecule has 7 heteroatoms. The molecule has 0 atom stereocenters. The van der Waals surface area contributed by atoms with Gasteiger partial charge in [-0.1, -0.05) is 30.2 Å². The smallest absolute Gasteiger partial charge is 0.386 e.